The van der Waals surface area contributed by atoms with Crippen LogP contribution in [0.1, 0.15) is 48.6 Å². The van der Waals surface area contributed by atoms with Gasteiger partial charge in [-0.1, -0.05) is 13.8 Å². The van der Waals surface area contributed by atoms with Gasteiger partial charge in [-0.2, -0.15) is 13.2 Å². The summed E-state index contributed by atoms with van der Waals surface area (Å²) in [5.74, 6) is -1.29. The monoisotopic (exact) mass is 262 g/mol. The zero-order valence-electron chi connectivity index (χ0n) is 10.2. The summed E-state index contributed by atoms with van der Waals surface area (Å²) in [6, 6.07) is 0. The van der Waals surface area contributed by atoms with E-state index < -0.39 is 23.4 Å². The summed E-state index contributed by atoms with van der Waals surface area (Å²) in [5, 5.41) is 0. The van der Waals surface area contributed by atoms with Crippen LogP contribution in [0.15, 0.2) is 6.20 Å². The lowest BCUT2D eigenvalue weighted by Crippen LogP contribution is -2.19. The van der Waals surface area contributed by atoms with Crippen molar-refractivity contribution in [1.29, 1.82) is 0 Å². The van der Waals surface area contributed by atoms with Gasteiger partial charge >= 0.3 is 12.1 Å². The largest absolute Gasteiger partial charge is 0.462 e. The highest BCUT2D eigenvalue weighted by Gasteiger charge is 2.38. The van der Waals surface area contributed by atoms with Crippen LogP contribution in [0.3, 0.4) is 0 Å². The minimum atomic E-state index is -4.71. The van der Waals surface area contributed by atoms with Gasteiger partial charge in [-0.25, -0.2) is 14.8 Å². The van der Waals surface area contributed by atoms with Crippen molar-refractivity contribution in [1.82, 2.24) is 9.97 Å². The molecule has 0 fully saturated rings. The normalized spacial score (nSPS) is 11.7. The summed E-state index contributed by atoms with van der Waals surface area (Å²) < 4.78 is 42.9. The van der Waals surface area contributed by atoms with Gasteiger partial charge in [0.25, 0.3) is 0 Å². The SMILES string of the molecule is CCOC(=O)c1cnc(C(C)C)nc1C(F)(F)F. The van der Waals surface area contributed by atoms with Gasteiger partial charge in [-0.3, -0.25) is 0 Å². The second kappa shape index (κ2) is 5.32. The summed E-state index contributed by atoms with van der Waals surface area (Å²) in [5.41, 5.74) is -1.91. The van der Waals surface area contributed by atoms with E-state index in [1.165, 1.54) is 6.92 Å². The first-order valence-electron chi connectivity index (χ1n) is 5.38. The fourth-order valence-electron chi connectivity index (χ4n) is 1.25. The highest BCUT2D eigenvalue weighted by molar-refractivity contribution is 5.90. The molecule has 0 unspecified atom stereocenters. The molecule has 18 heavy (non-hydrogen) atoms. The summed E-state index contributed by atoms with van der Waals surface area (Å²) in [7, 11) is 0. The number of carbonyl (C=O) groups excluding carboxylic acids is 1. The van der Waals surface area contributed by atoms with Crippen molar-refractivity contribution < 1.29 is 22.7 Å². The van der Waals surface area contributed by atoms with E-state index in [2.05, 4.69) is 14.7 Å². The Morgan fingerprint density at radius 3 is 2.50 bits per heavy atom. The third kappa shape index (κ3) is 3.18. The van der Waals surface area contributed by atoms with Crippen molar-refractivity contribution in [3.05, 3.63) is 23.3 Å². The Kier molecular flexibility index (Phi) is 4.26. The van der Waals surface area contributed by atoms with E-state index in [1.54, 1.807) is 13.8 Å². The lowest BCUT2D eigenvalue weighted by molar-refractivity contribution is -0.142. The molecule has 0 saturated carbocycles. The molecule has 0 radical (unpaired) electrons. The minimum absolute atomic E-state index is 0.0118. The highest BCUT2D eigenvalue weighted by Crippen LogP contribution is 2.31. The van der Waals surface area contributed by atoms with Gasteiger partial charge in [-0.05, 0) is 6.92 Å². The topological polar surface area (TPSA) is 52.1 Å². The summed E-state index contributed by atoms with van der Waals surface area (Å²) in [6.07, 6.45) is -3.85. The lowest BCUT2D eigenvalue weighted by Gasteiger charge is -2.13. The summed E-state index contributed by atoms with van der Waals surface area (Å²) >= 11 is 0. The molecule has 7 heteroatoms. The number of rotatable bonds is 3. The molecule has 0 N–H and O–H groups in total. The van der Waals surface area contributed by atoms with Crippen LogP contribution in [0.5, 0.6) is 0 Å². The number of aromatic nitrogens is 2. The zero-order valence-corrected chi connectivity index (χ0v) is 10.2. The lowest BCUT2D eigenvalue weighted by atomic mass is 10.1. The van der Waals surface area contributed by atoms with Crippen LogP contribution in [-0.4, -0.2) is 22.5 Å². The number of esters is 1. The Morgan fingerprint density at radius 1 is 1.44 bits per heavy atom. The summed E-state index contributed by atoms with van der Waals surface area (Å²) in [4.78, 5) is 18.5. The van der Waals surface area contributed by atoms with E-state index >= 15 is 0 Å². The summed E-state index contributed by atoms with van der Waals surface area (Å²) in [6.45, 7) is 4.83. The number of alkyl halides is 3. The standard InChI is InChI=1S/C11H13F3N2O2/c1-4-18-10(17)7-5-15-9(6(2)3)16-8(7)11(12,13)14/h5-6H,4H2,1-3H3. The average Bonchev–Trinajstić information content (AvgIpc) is 2.27. The van der Waals surface area contributed by atoms with E-state index in [1.807, 2.05) is 0 Å². The number of carbonyl (C=O) groups is 1. The van der Waals surface area contributed by atoms with Crippen molar-refractivity contribution in [2.45, 2.75) is 32.9 Å². The molecule has 4 nitrogen and oxygen atoms in total. The molecular formula is C11H13F3N2O2. The molecular weight excluding hydrogens is 249 g/mol. The Hall–Kier alpha value is -1.66. The number of hydrogen-bond acceptors (Lipinski definition) is 4. The van der Waals surface area contributed by atoms with Crippen LogP contribution in [-0.2, 0) is 10.9 Å². The van der Waals surface area contributed by atoms with Gasteiger partial charge in [-0.15, -0.1) is 0 Å². The van der Waals surface area contributed by atoms with E-state index in [9.17, 15) is 18.0 Å². The first-order valence-corrected chi connectivity index (χ1v) is 5.38. The van der Waals surface area contributed by atoms with Crippen molar-refractivity contribution in [2.75, 3.05) is 6.61 Å². The molecule has 1 heterocycles. The van der Waals surface area contributed by atoms with Gasteiger partial charge in [0, 0.05) is 12.1 Å². The number of hydrogen-bond donors (Lipinski definition) is 0. The quantitative estimate of drug-likeness (QED) is 0.786. The third-order valence-electron chi connectivity index (χ3n) is 2.09. The third-order valence-corrected chi connectivity index (χ3v) is 2.09. The predicted molar refractivity (Wildman–Crippen MR) is 57.1 cm³/mol. The van der Waals surface area contributed by atoms with Crippen molar-refractivity contribution in [3.63, 3.8) is 0 Å². The molecule has 1 aromatic rings. The molecule has 1 rings (SSSR count). The first kappa shape index (κ1) is 14.4. The molecule has 0 aliphatic heterocycles. The molecule has 0 aromatic carbocycles. The number of ether oxygens (including phenoxy) is 1. The van der Waals surface area contributed by atoms with Gasteiger partial charge in [0.05, 0.1) is 6.61 Å². The molecule has 0 bridgehead atoms. The second-order valence-electron chi connectivity index (χ2n) is 3.86. The van der Waals surface area contributed by atoms with Crippen molar-refractivity contribution >= 4 is 5.97 Å². The molecule has 0 aliphatic rings. The maximum absolute atomic E-state index is 12.8. The smallest absolute Gasteiger partial charge is 0.434 e. The van der Waals surface area contributed by atoms with Gasteiger partial charge < -0.3 is 4.74 Å². The van der Waals surface area contributed by atoms with Crippen LogP contribution < -0.4 is 0 Å². The second-order valence-corrected chi connectivity index (χ2v) is 3.86. The fraction of sp³-hybridized carbons (Fsp3) is 0.545. The molecule has 0 amide bonds. The molecule has 0 aliphatic carbocycles. The highest BCUT2D eigenvalue weighted by atomic mass is 19.4. The van der Waals surface area contributed by atoms with Crippen LogP contribution in [0, 0.1) is 0 Å². The van der Waals surface area contributed by atoms with Crippen LogP contribution >= 0.6 is 0 Å². The van der Waals surface area contributed by atoms with E-state index in [-0.39, 0.29) is 18.3 Å². The Balaban J connectivity index is 3.30. The Morgan fingerprint density at radius 2 is 2.06 bits per heavy atom. The fourth-order valence-corrected chi connectivity index (χ4v) is 1.25. The molecule has 100 valence electrons. The first-order chi connectivity index (χ1) is 8.27. The number of halogens is 3. The zero-order chi connectivity index (χ0) is 13.9. The van der Waals surface area contributed by atoms with E-state index in [0.29, 0.717) is 0 Å². The number of nitrogens with zero attached hydrogens (tertiary/aromatic N) is 2. The van der Waals surface area contributed by atoms with Gasteiger partial charge in [0.15, 0.2) is 5.69 Å². The van der Waals surface area contributed by atoms with Gasteiger partial charge in [0.2, 0.25) is 0 Å². The molecule has 1 aromatic heterocycles. The van der Waals surface area contributed by atoms with Crippen LogP contribution in [0.2, 0.25) is 0 Å². The van der Waals surface area contributed by atoms with Crippen LogP contribution in [0.4, 0.5) is 13.2 Å². The Labute approximate surface area is 102 Å². The average molecular weight is 262 g/mol. The van der Waals surface area contributed by atoms with Crippen LogP contribution in [0.25, 0.3) is 0 Å². The Bertz CT molecular complexity index is 444. The van der Waals surface area contributed by atoms with Gasteiger partial charge in [0.1, 0.15) is 11.4 Å². The molecule has 0 saturated heterocycles. The van der Waals surface area contributed by atoms with E-state index in [4.69, 9.17) is 0 Å². The maximum atomic E-state index is 12.8. The van der Waals surface area contributed by atoms with E-state index in [0.717, 1.165) is 6.20 Å². The van der Waals surface area contributed by atoms with Crippen molar-refractivity contribution in [2.24, 2.45) is 0 Å². The molecule has 0 atom stereocenters. The molecule has 0 spiro atoms. The van der Waals surface area contributed by atoms with Crippen molar-refractivity contribution in [3.8, 4) is 0 Å². The predicted octanol–water partition coefficient (Wildman–Crippen LogP) is 2.80. The maximum Gasteiger partial charge on any atom is 0.434 e. The minimum Gasteiger partial charge on any atom is -0.462 e.